The minimum Gasteiger partial charge on any atom is -0.303 e. The number of benzene rings is 3. The minimum atomic E-state index is -0.658. The van der Waals surface area contributed by atoms with E-state index in [4.69, 9.17) is 23.2 Å². The molecule has 0 spiro atoms. The molecule has 38 heavy (non-hydrogen) atoms. The van der Waals surface area contributed by atoms with Crippen LogP contribution in [0.2, 0.25) is 10.0 Å². The quantitative estimate of drug-likeness (QED) is 0.259. The van der Waals surface area contributed by atoms with E-state index < -0.39 is 17.5 Å². The Balaban J connectivity index is 1.62. The zero-order valence-corrected chi connectivity index (χ0v) is 21.5. The van der Waals surface area contributed by atoms with Crippen LogP contribution in [-0.4, -0.2) is 26.6 Å². The van der Waals surface area contributed by atoms with Crippen molar-refractivity contribution in [2.24, 2.45) is 0 Å². The van der Waals surface area contributed by atoms with E-state index in [1.54, 1.807) is 54.6 Å². The summed E-state index contributed by atoms with van der Waals surface area (Å²) in [6, 6.07) is 20.3. The third-order valence-corrected chi connectivity index (χ3v) is 6.75. The van der Waals surface area contributed by atoms with Gasteiger partial charge >= 0.3 is 6.03 Å². The highest BCUT2D eigenvalue weighted by atomic mass is 35.5. The predicted molar refractivity (Wildman–Crippen MR) is 145 cm³/mol. The topological polar surface area (TPSA) is 111 Å². The van der Waals surface area contributed by atoms with Gasteiger partial charge in [-0.2, -0.15) is 5.26 Å². The van der Waals surface area contributed by atoms with Crippen LogP contribution >= 0.6 is 23.2 Å². The Morgan fingerprint density at radius 1 is 1.00 bits per heavy atom. The zero-order chi connectivity index (χ0) is 27.0. The fraction of sp³-hybridized carbons (Fsp3) is 0.0714. The average molecular weight is 544 g/mol. The lowest BCUT2D eigenvalue weighted by Gasteiger charge is -2.12. The number of urea groups is 1. The highest BCUT2D eigenvalue weighted by Gasteiger charge is 2.35. The molecule has 2 heterocycles. The number of aryl methyl sites for hydroxylation is 1. The first-order chi connectivity index (χ1) is 18.3. The van der Waals surface area contributed by atoms with Crippen LogP contribution < -0.4 is 10.9 Å². The molecule has 4 aromatic rings. The van der Waals surface area contributed by atoms with Gasteiger partial charge in [-0.1, -0.05) is 59.6 Å². The molecule has 1 aromatic heterocycles. The maximum Gasteiger partial charge on any atom is 0.329 e. The van der Waals surface area contributed by atoms with Crippen molar-refractivity contribution in [1.82, 2.24) is 20.0 Å². The van der Waals surface area contributed by atoms with Crippen LogP contribution in [-0.2, 0) is 11.3 Å². The van der Waals surface area contributed by atoms with Crippen molar-refractivity contribution in [3.05, 3.63) is 115 Å². The smallest absolute Gasteiger partial charge is 0.303 e. The number of carbonyl (C=O) groups is 2. The molecule has 3 amide bonds. The number of nitriles is 1. The maximum absolute atomic E-state index is 13.7. The highest BCUT2D eigenvalue weighted by molar-refractivity contribution is 6.36. The summed E-state index contributed by atoms with van der Waals surface area (Å²) in [6.07, 6.45) is 1.34. The number of carbonyl (C=O) groups excluding carboxylic acids is 2. The molecule has 0 bridgehead atoms. The second-order valence-corrected chi connectivity index (χ2v) is 9.44. The van der Waals surface area contributed by atoms with Gasteiger partial charge in [-0.25, -0.2) is 9.48 Å². The second kappa shape index (κ2) is 10.1. The number of aromatic nitrogens is 2. The molecule has 0 radical (unpaired) electrons. The van der Waals surface area contributed by atoms with Crippen molar-refractivity contribution < 1.29 is 9.59 Å². The van der Waals surface area contributed by atoms with Gasteiger partial charge in [-0.3, -0.25) is 19.6 Å². The first-order valence-electron chi connectivity index (χ1n) is 11.5. The lowest BCUT2D eigenvalue weighted by molar-refractivity contribution is -0.123. The van der Waals surface area contributed by atoms with Crippen LogP contribution in [0.25, 0.3) is 23.0 Å². The molecule has 2 N–H and O–H groups in total. The van der Waals surface area contributed by atoms with Crippen LogP contribution in [0.4, 0.5) is 4.79 Å². The Labute approximate surface area is 227 Å². The SMILES string of the molecule is Cc1ccccc1-n1[nH]c(-c2ccc(Cl)cc2Cl)c(C=C2NC(=O)N(Cc3ccccc3C#N)C2=O)c1=O. The third kappa shape index (κ3) is 4.50. The van der Waals surface area contributed by atoms with Gasteiger partial charge in [0.1, 0.15) is 5.70 Å². The van der Waals surface area contributed by atoms with E-state index in [9.17, 15) is 19.6 Å². The van der Waals surface area contributed by atoms with E-state index >= 15 is 0 Å². The summed E-state index contributed by atoms with van der Waals surface area (Å²) in [6.45, 7) is 1.77. The van der Waals surface area contributed by atoms with E-state index in [1.807, 2.05) is 19.1 Å². The number of amides is 3. The molecule has 0 atom stereocenters. The first kappa shape index (κ1) is 25.1. The summed E-state index contributed by atoms with van der Waals surface area (Å²) < 4.78 is 1.37. The van der Waals surface area contributed by atoms with E-state index in [0.29, 0.717) is 38.1 Å². The van der Waals surface area contributed by atoms with Crippen molar-refractivity contribution >= 4 is 41.2 Å². The third-order valence-electron chi connectivity index (χ3n) is 6.20. The van der Waals surface area contributed by atoms with E-state index in [1.165, 1.54) is 10.8 Å². The number of para-hydroxylation sites is 1. The van der Waals surface area contributed by atoms with Gasteiger partial charge < -0.3 is 5.32 Å². The molecule has 0 saturated carbocycles. The van der Waals surface area contributed by atoms with Crippen molar-refractivity contribution in [3.63, 3.8) is 0 Å². The molecule has 1 saturated heterocycles. The fourth-order valence-electron chi connectivity index (χ4n) is 4.26. The van der Waals surface area contributed by atoms with Crippen LogP contribution in [0.15, 0.2) is 77.2 Å². The fourth-order valence-corrected chi connectivity index (χ4v) is 4.77. The standard InChI is InChI=1S/C28H19Cl2N5O3/c1-16-6-2-5-9-24(16)35-26(36)21(25(33-35)20-11-10-19(29)12-22(20)30)13-23-27(37)34(28(38)32-23)15-18-8-4-3-7-17(18)14-31/h2-13,33H,15H2,1H3,(H,32,38). The number of nitrogens with one attached hydrogen (secondary N) is 2. The minimum absolute atomic E-state index is 0.0798. The molecule has 8 nitrogen and oxygen atoms in total. The van der Waals surface area contributed by atoms with Crippen molar-refractivity contribution in [3.8, 4) is 23.0 Å². The normalized spacial score (nSPS) is 14.2. The number of hydrogen-bond acceptors (Lipinski definition) is 4. The van der Waals surface area contributed by atoms with Crippen LogP contribution in [0.1, 0.15) is 22.3 Å². The van der Waals surface area contributed by atoms with Crippen LogP contribution in [0, 0.1) is 18.3 Å². The average Bonchev–Trinajstić information content (AvgIpc) is 3.35. The molecular weight excluding hydrogens is 525 g/mol. The zero-order valence-electron chi connectivity index (χ0n) is 20.0. The Kier molecular flexibility index (Phi) is 6.64. The molecule has 0 aliphatic carbocycles. The molecule has 0 unspecified atom stereocenters. The molecule has 1 aliphatic rings. The maximum atomic E-state index is 13.7. The van der Waals surface area contributed by atoms with E-state index in [0.717, 1.165) is 10.5 Å². The molecule has 3 aromatic carbocycles. The van der Waals surface area contributed by atoms with E-state index in [-0.39, 0.29) is 17.8 Å². The Morgan fingerprint density at radius 2 is 1.74 bits per heavy atom. The Morgan fingerprint density at radius 3 is 2.47 bits per heavy atom. The van der Waals surface area contributed by atoms with Gasteiger partial charge in [-0.15, -0.1) is 0 Å². The summed E-state index contributed by atoms with van der Waals surface area (Å²) in [5.74, 6) is -0.626. The summed E-state index contributed by atoms with van der Waals surface area (Å²) in [4.78, 5) is 40.7. The molecular formula is C28H19Cl2N5O3. The van der Waals surface area contributed by atoms with Crippen LogP contribution in [0.3, 0.4) is 0 Å². The van der Waals surface area contributed by atoms with E-state index in [2.05, 4.69) is 16.5 Å². The first-order valence-corrected chi connectivity index (χ1v) is 12.2. The summed E-state index contributed by atoms with van der Waals surface area (Å²) in [5.41, 5.74) is 2.79. The molecule has 1 fully saturated rings. The number of halogens is 2. The van der Waals surface area contributed by atoms with Gasteiger partial charge in [0.2, 0.25) is 0 Å². The van der Waals surface area contributed by atoms with Crippen LogP contribution in [0.5, 0.6) is 0 Å². The number of hydrogen-bond donors (Lipinski definition) is 2. The molecule has 5 rings (SSSR count). The molecule has 10 heteroatoms. The summed E-state index contributed by atoms with van der Waals surface area (Å²) in [5, 5.41) is 15.7. The lowest BCUT2D eigenvalue weighted by Crippen LogP contribution is -2.30. The summed E-state index contributed by atoms with van der Waals surface area (Å²) in [7, 11) is 0. The molecule has 1 aliphatic heterocycles. The molecule has 188 valence electrons. The van der Waals surface area contributed by atoms with Gasteiger partial charge in [0.15, 0.2) is 0 Å². The largest absolute Gasteiger partial charge is 0.329 e. The number of rotatable bonds is 5. The highest BCUT2D eigenvalue weighted by Crippen LogP contribution is 2.32. The van der Waals surface area contributed by atoms with Gasteiger partial charge in [-0.05, 0) is 54.5 Å². The van der Waals surface area contributed by atoms with Gasteiger partial charge in [0.25, 0.3) is 11.5 Å². The van der Waals surface area contributed by atoms with Gasteiger partial charge in [0.05, 0.1) is 40.1 Å². The number of imide groups is 1. The lowest BCUT2D eigenvalue weighted by atomic mass is 10.1. The number of H-pyrrole nitrogens is 1. The Bertz CT molecular complexity index is 1750. The van der Waals surface area contributed by atoms with Crippen molar-refractivity contribution in [1.29, 1.82) is 5.26 Å². The number of nitrogens with zero attached hydrogens (tertiary/aromatic N) is 3. The predicted octanol–water partition coefficient (Wildman–Crippen LogP) is 5.41. The van der Waals surface area contributed by atoms with Crippen molar-refractivity contribution in [2.75, 3.05) is 0 Å². The monoisotopic (exact) mass is 543 g/mol. The van der Waals surface area contributed by atoms with Crippen molar-refractivity contribution in [2.45, 2.75) is 13.5 Å². The van der Waals surface area contributed by atoms with Gasteiger partial charge in [0, 0.05) is 10.6 Å². The Hall–Kier alpha value is -4.58. The number of aromatic amines is 1. The second-order valence-electron chi connectivity index (χ2n) is 8.60. The summed E-state index contributed by atoms with van der Waals surface area (Å²) >= 11 is 12.6.